The third kappa shape index (κ3) is 5.52. The van der Waals surface area contributed by atoms with Crippen molar-refractivity contribution in [1.29, 1.82) is 0 Å². The van der Waals surface area contributed by atoms with Crippen molar-refractivity contribution < 1.29 is 14.3 Å². The maximum absolute atomic E-state index is 12.3. The van der Waals surface area contributed by atoms with Crippen molar-refractivity contribution in [3.63, 3.8) is 0 Å². The molecule has 2 aromatic rings. The van der Waals surface area contributed by atoms with E-state index in [4.69, 9.17) is 9.47 Å². The van der Waals surface area contributed by atoms with Gasteiger partial charge in [-0.2, -0.15) is 5.10 Å². The number of hydrogen-bond acceptors (Lipinski definition) is 7. The molecule has 2 N–H and O–H groups in total. The number of hydrogen-bond donors (Lipinski definition) is 2. The fraction of sp³-hybridized carbons (Fsp3) is 0.636. The predicted octanol–water partition coefficient (Wildman–Crippen LogP) is 3.60. The van der Waals surface area contributed by atoms with E-state index in [9.17, 15) is 4.79 Å². The summed E-state index contributed by atoms with van der Waals surface area (Å²) in [6.07, 6.45) is 4.95. The number of amides is 1. The fourth-order valence-corrected chi connectivity index (χ4v) is 4.28. The Morgan fingerprint density at radius 3 is 2.81 bits per heavy atom. The standard InChI is InChI=1S/C22H32N6O3/c1-15-11-19(27-26-15)25-17-5-8-23-18(24-17)12-16-13-22(30-14-16)6-9-28(10-7-22)20(29)31-21(2,3)4/h5,8,11,16H,6-7,9-10,12-14H2,1-4H3,(H2,23,24,25,26,27)/t16-/m1/s1. The first-order chi connectivity index (χ1) is 14.7. The van der Waals surface area contributed by atoms with Gasteiger partial charge in [0.15, 0.2) is 5.82 Å². The molecular formula is C22H32N6O3. The van der Waals surface area contributed by atoms with Crippen molar-refractivity contribution in [3.8, 4) is 0 Å². The van der Waals surface area contributed by atoms with Gasteiger partial charge in [0.25, 0.3) is 0 Å². The van der Waals surface area contributed by atoms with Crippen LogP contribution in [0.5, 0.6) is 0 Å². The van der Waals surface area contributed by atoms with Gasteiger partial charge in [-0.15, -0.1) is 0 Å². The van der Waals surface area contributed by atoms with Crippen molar-refractivity contribution in [2.24, 2.45) is 5.92 Å². The number of carbonyl (C=O) groups excluding carboxylic acids is 1. The van der Waals surface area contributed by atoms with Crippen LogP contribution < -0.4 is 5.32 Å². The molecule has 1 spiro atoms. The largest absolute Gasteiger partial charge is 0.444 e. The van der Waals surface area contributed by atoms with Crippen molar-refractivity contribution >= 4 is 17.7 Å². The third-order valence-corrected chi connectivity index (χ3v) is 5.75. The van der Waals surface area contributed by atoms with E-state index in [0.29, 0.717) is 25.6 Å². The molecule has 4 heterocycles. The summed E-state index contributed by atoms with van der Waals surface area (Å²) in [5.41, 5.74) is 0.370. The van der Waals surface area contributed by atoms with Crippen LogP contribution in [0.15, 0.2) is 18.3 Å². The second-order valence-electron chi connectivity index (χ2n) is 9.65. The van der Waals surface area contributed by atoms with E-state index < -0.39 is 5.60 Å². The van der Waals surface area contributed by atoms with Crippen molar-refractivity contribution in [2.75, 3.05) is 25.0 Å². The molecule has 2 fully saturated rings. The van der Waals surface area contributed by atoms with E-state index in [-0.39, 0.29) is 11.7 Å². The van der Waals surface area contributed by atoms with Gasteiger partial charge in [-0.1, -0.05) is 0 Å². The van der Waals surface area contributed by atoms with Crippen molar-refractivity contribution in [3.05, 3.63) is 29.8 Å². The Hall–Kier alpha value is -2.68. The quantitative estimate of drug-likeness (QED) is 0.766. The molecule has 9 heteroatoms. The van der Waals surface area contributed by atoms with Crippen LogP contribution in [0.2, 0.25) is 0 Å². The first-order valence-corrected chi connectivity index (χ1v) is 10.9. The molecule has 0 aromatic carbocycles. The van der Waals surface area contributed by atoms with E-state index in [1.807, 2.05) is 39.8 Å². The van der Waals surface area contributed by atoms with E-state index in [1.165, 1.54) is 0 Å². The van der Waals surface area contributed by atoms with Gasteiger partial charge < -0.3 is 19.7 Å². The highest BCUT2D eigenvalue weighted by molar-refractivity contribution is 5.68. The number of H-pyrrole nitrogens is 1. The van der Waals surface area contributed by atoms with Gasteiger partial charge >= 0.3 is 6.09 Å². The predicted molar refractivity (Wildman–Crippen MR) is 116 cm³/mol. The summed E-state index contributed by atoms with van der Waals surface area (Å²) < 4.78 is 11.8. The summed E-state index contributed by atoms with van der Waals surface area (Å²) in [6.45, 7) is 9.67. The molecule has 2 saturated heterocycles. The number of aromatic amines is 1. The van der Waals surface area contributed by atoms with E-state index >= 15 is 0 Å². The summed E-state index contributed by atoms with van der Waals surface area (Å²) in [4.78, 5) is 23.2. The number of likely N-dealkylation sites (tertiary alicyclic amines) is 1. The average molecular weight is 429 g/mol. The van der Waals surface area contributed by atoms with Gasteiger partial charge in [-0.25, -0.2) is 14.8 Å². The van der Waals surface area contributed by atoms with Crippen molar-refractivity contribution in [2.45, 2.75) is 64.6 Å². The molecule has 0 unspecified atom stereocenters. The molecule has 0 aliphatic carbocycles. The third-order valence-electron chi connectivity index (χ3n) is 5.75. The summed E-state index contributed by atoms with van der Waals surface area (Å²) in [5.74, 6) is 2.64. The van der Waals surface area contributed by atoms with Crippen LogP contribution in [0.3, 0.4) is 0 Å². The Kier molecular flexibility index (Phi) is 5.88. The SMILES string of the molecule is Cc1cc(Nc2ccnc(C[C@H]3COC4(CCN(C(=O)OC(C)(C)C)CC4)C3)n2)n[nH]1. The Morgan fingerprint density at radius 1 is 1.35 bits per heavy atom. The molecule has 2 aliphatic heterocycles. The van der Waals surface area contributed by atoms with Gasteiger partial charge in [0.2, 0.25) is 0 Å². The Morgan fingerprint density at radius 2 is 2.13 bits per heavy atom. The lowest BCUT2D eigenvalue weighted by atomic mass is 9.84. The Labute approximate surface area is 182 Å². The maximum Gasteiger partial charge on any atom is 0.410 e. The first kappa shape index (κ1) is 21.5. The van der Waals surface area contributed by atoms with Gasteiger partial charge in [0.05, 0.1) is 12.2 Å². The van der Waals surface area contributed by atoms with Gasteiger partial charge in [0.1, 0.15) is 17.2 Å². The van der Waals surface area contributed by atoms with Crippen LogP contribution >= 0.6 is 0 Å². The number of anilines is 2. The van der Waals surface area contributed by atoms with Crippen LogP contribution in [0.4, 0.5) is 16.4 Å². The van der Waals surface area contributed by atoms with Gasteiger partial charge in [-0.05, 0) is 58.9 Å². The van der Waals surface area contributed by atoms with E-state index in [2.05, 4.69) is 25.5 Å². The molecule has 0 radical (unpaired) electrons. The number of aryl methyl sites for hydroxylation is 1. The molecule has 2 aliphatic rings. The molecule has 9 nitrogen and oxygen atoms in total. The molecule has 1 amide bonds. The highest BCUT2D eigenvalue weighted by atomic mass is 16.6. The molecule has 0 bridgehead atoms. The minimum absolute atomic E-state index is 0.147. The monoisotopic (exact) mass is 428 g/mol. The number of nitrogens with one attached hydrogen (secondary N) is 2. The molecule has 0 saturated carbocycles. The summed E-state index contributed by atoms with van der Waals surface area (Å²) in [6, 6.07) is 3.77. The van der Waals surface area contributed by atoms with Crippen LogP contribution in [0.25, 0.3) is 0 Å². The van der Waals surface area contributed by atoms with Gasteiger partial charge in [-0.3, -0.25) is 5.10 Å². The maximum atomic E-state index is 12.3. The van der Waals surface area contributed by atoms with Gasteiger partial charge in [0, 0.05) is 37.5 Å². The molecule has 31 heavy (non-hydrogen) atoms. The van der Waals surface area contributed by atoms with Crippen LogP contribution in [-0.4, -0.2) is 62.1 Å². The van der Waals surface area contributed by atoms with Crippen molar-refractivity contribution in [1.82, 2.24) is 25.1 Å². The molecule has 4 rings (SSSR count). The molecule has 168 valence electrons. The minimum atomic E-state index is -0.472. The number of rotatable bonds is 4. The zero-order valence-electron chi connectivity index (χ0n) is 18.8. The van der Waals surface area contributed by atoms with Crippen LogP contribution in [0.1, 0.15) is 51.6 Å². The second-order valence-corrected chi connectivity index (χ2v) is 9.65. The summed E-state index contributed by atoms with van der Waals surface area (Å²) in [7, 11) is 0. The lowest BCUT2D eigenvalue weighted by Crippen LogP contribution is -2.47. The minimum Gasteiger partial charge on any atom is -0.444 e. The highest BCUT2D eigenvalue weighted by Gasteiger charge is 2.44. The number of piperidine rings is 1. The first-order valence-electron chi connectivity index (χ1n) is 10.9. The lowest BCUT2D eigenvalue weighted by Gasteiger charge is -2.39. The Balaban J connectivity index is 1.30. The summed E-state index contributed by atoms with van der Waals surface area (Å²) in [5, 5.41) is 10.3. The fourth-order valence-electron chi connectivity index (χ4n) is 4.28. The smallest absolute Gasteiger partial charge is 0.410 e. The Bertz CT molecular complexity index is 914. The second kappa shape index (κ2) is 8.45. The zero-order chi connectivity index (χ0) is 22.1. The molecular weight excluding hydrogens is 396 g/mol. The lowest BCUT2D eigenvalue weighted by molar-refractivity contribution is -0.0487. The molecule has 1 atom stereocenters. The number of carbonyl (C=O) groups is 1. The zero-order valence-corrected chi connectivity index (χ0v) is 18.8. The van der Waals surface area contributed by atoms with Crippen LogP contribution in [-0.2, 0) is 15.9 Å². The number of ether oxygens (including phenoxy) is 2. The topological polar surface area (TPSA) is 105 Å². The van der Waals surface area contributed by atoms with E-state index in [1.54, 1.807) is 11.1 Å². The number of nitrogens with zero attached hydrogens (tertiary/aromatic N) is 4. The average Bonchev–Trinajstić information content (AvgIpc) is 3.27. The normalized spacial score (nSPS) is 20.8. The summed E-state index contributed by atoms with van der Waals surface area (Å²) >= 11 is 0. The van der Waals surface area contributed by atoms with Crippen LogP contribution in [0, 0.1) is 12.8 Å². The highest BCUT2D eigenvalue weighted by Crippen LogP contribution is 2.39. The number of aromatic nitrogens is 4. The molecule has 2 aromatic heterocycles. The van der Waals surface area contributed by atoms with E-state index in [0.717, 1.165) is 48.8 Å².